The molecule has 33 heavy (non-hydrogen) atoms. The molecule has 3 rings (SSSR count). The number of hydrogen-bond acceptors (Lipinski definition) is 8. The maximum absolute atomic E-state index is 12.6. The van der Waals surface area contributed by atoms with Crippen LogP contribution in [0, 0.1) is 6.92 Å². The molecule has 2 heterocycles. The number of amides is 1. The van der Waals surface area contributed by atoms with Gasteiger partial charge in [0.15, 0.2) is 0 Å². The van der Waals surface area contributed by atoms with Crippen molar-refractivity contribution in [1.82, 2.24) is 19.7 Å². The zero-order valence-corrected chi connectivity index (χ0v) is 17.9. The van der Waals surface area contributed by atoms with E-state index >= 15 is 0 Å². The summed E-state index contributed by atoms with van der Waals surface area (Å²) in [6.45, 7) is 0.398. The number of carbonyl (C=O) groups excluding carboxylic acids is 1. The van der Waals surface area contributed by atoms with Crippen molar-refractivity contribution in [3.05, 3.63) is 53.5 Å². The zero-order chi connectivity index (χ0) is 24.4. The van der Waals surface area contributed by atoms with Gasteiger partial charge in [0.2, 0.25) is 16.0 Å². The van der Waals surface area contributed by atoms with Gasteiger partial charge in [-0.05, 0) is 24.6 Å². The van der Waals surface area contributed by atoms with Crippen molar-refractivity contribution in [3.8, 4) is 0 Å². The molecule has 11 nitrogen and oxygen atoms in total. The predicted molar refractivity (Wildman–Crippen MR) is 112 cm³/mol. The Morgan fingerprint density at radius 2 is 1.88 bits per heavy atom. The van der Waals surface area contributed by atoms with E-state index in [0.29, 0.717) is 5.56 Å². The Kier molecular flexibility index (Phi) is 6.55. The van der Waals surface area contributed by atoms with Crippen molar-refractivity contribution in [3.63, 3.8) is 0 Å². The molecule has 1 amide bonds. The summed E-state index contributed by atoms with van der Waals surface area (Å²) in [4.78, 5) is 19.8. The average molecular weight is 484 g/mol. The Labute approximate surface area is 186 Å². The van der Waals surface area contributed by atoms with Crippen molar-refractivity contribution in [2.24, 2.45) is 10.9 Å². The molecule has 6 N–H and O–H groups in total. The maximum atomic E-state index is 12.6. The Morgan fingerprint density at radius 1 is 1.21 bits per heavy atom. The van der Waals surface area contributed by atoms with Crippen LogP contribution in [0.15, 0.2) is 41.6 Å². The first-order valence-corrected chi connectivity index (χ1v) is 10.8. The number of primary sulfonamides is 1. The van der Waals surface area contributed by atoms with E-state index in [9.17, 15) is 26.4 Å². The summed E-state index contributed by atoms with van der Waals surface area (Å²) < 4.78 is 61.2. The average Bonchev–Trinajstić information content (AvgIpc) is 3.02. The molecule has 1 aromatic carbocycles. The van der Waals surface area contributed by atoms with Gasteiger partial charge in [0, 0.05) is 18.9 Å². The summed E-state index contributed by atoms with van der Waals surface area (Å²) in [5.74, 6) is -0.750. The molecular weight excluding hydrogens is 465 g/mol. The third-order valence-electron chi connectivity index (χ3n) is 4.30. The van der Waals surface area contributed by atoms with E-state index in [4.69, 9.17) is 10.9 Å². The number of primary amides is 1. The molecule has 0 spiro atoms. The SMILES string of the molecule is Cc1nn(CC(F)(F)F)cc1Nc1ncc(C(N)=O)c(NCc2ccc(S(N)(=O)=O)cc2)n1. The number of hydrogen-bond donors (Lipinski definition) is 4. The predicted octanol–water partition coefficient (Wildman–Crippen LogP) is 1.65. The fraction of sp³-hybridized carbons (Fsp3) is 0.222. The van der Waals surface area contributed by atoms with Crippen LogP contribution in [0.2, 0.25) is 0 Å². The molecule has 0 radical (unpaired) electrons. The van der Waals surface area contributed by atoms with Crippen molar-refractivity contribution in [2.45, 2.75) is 31.1 Å². The van der Waals surface area contributed by atoms with Gasteiger partial charge in [-0.25, -0.2) is 18.5 Å². The number of aryl methyl sites for hydroxylation is 1. The number of alkyl halides is 3. The van der Waals surface area contributed by atoms with Crippen LogP contribution in [0.25, 0.3) is 0 Å². The first-order valence-electron chi connectivity index (χ1n) is 9.22. The van der Waals surface area contributed by atoms with Crippen molar-refractivity contribution in [2.75, 3.05) is 10.6 Å². The number of carbonyl (C=O) groups is 1. The van der Waals surface area contributed by atoms with Gasteiger partial charge in [0.25, 0.3) is 5.91 Å². The maximum Gasteiger partial charge on any atom is 0.408 e. The Bertz CT molecular complexity index is 1270. The molecule has 0 bridgehead atoms. The summed E-state index contributed by atoms with van der Waals surface area (Å²) in [5, 5.41) is 14.5. The fourth-order valence-corrected chi connectivity index (χ4v) is 3.28. The summed E-state index contributed by atoms with van der Waals surface area (Å²) in [6, 6.07) is 5.70. The van der Waals surface area contributed by atoms with E-state index in [2.05, 4.69) is 25.7 Å². The van der Waals surface area contributed by atoms with Crippen LogP contribution in [-0.4, -0.2) is 40.2 Å². The molecule has 0 saturated carbocycles. The lowest BCUT2D eigenvalue weighted by atomic mass is 10.2. The molecule has 0 aliphatic carbocycles. The van der Waals surface area contributed by atoms with Crippen molar-refractivity contribution >= 4 is 33.4 Å². The largest absolute Gasteiger partial charge is 0.408 e. The minimum absolute atomic E-state index is 0.0123. The number of nitrogens with one attached hydrogen (secondary N) is 2. The first-order chi connectivity index (χ1) is 15.3. The lowest BCUT2D eigenvalue weighted by molar-refractivity contribution is -0.142. The highest BCUT2D eigenvalue weighted by Gasteiger charge is 2.29. The lowest BCUT2D eigenvalue weighted by Crippen LogP contribution is -2.18. The van der Waals surface area contributed by atoms with Crippen LogP contribution >= 0.6 is 0 Å². The van der Waals surface area contributed by atoms with Gasteiger partial charge in [-0.1, -0.05) is 12.1 Å². The molecule has 0 unspecified atom stereocenters. The van der Waals surface area contributed by atoms with E-state index in [1.165, 1.54) is 37.4 Å². The van der Waals surface area contributed by atoms with Crippen molar-refractivity contribution < 1.29 is 26.4 Å². The number of nitrogens with two attached hydrogens (primary N) is 2. The van der Waals surface area contributed by atoms with Crippen LogP contribution in [0.1, 0.15) is 21.6 Å². The minimum atomic E-state index is -4.43. The second-order valence-corrected chi connectivity index (χ2v) is 8.49. The van der Waals surface area contributed by atoms with Crippen molar-refractivity contribution in [1.29, 1.82) is 0 Å². The number of rotatable bonds is 8. The Morgan fingerprint density at radius 3 is 2.45 bits per heavy atom. The van der Waals surface area contributed by atoms with Gasteiger partial charge in [0.1, 0.15) is 12.4 Å². The molecule has 3 aromatic rings. The number of aromatic nitrogens is 4. The molecule has 0 atom stereocenters. The van der Waals surface area contributed by atoms with Crippen LogP contribution in [-0.2, 0) is 23.1 Å². The molecule has 0 aliphatic heterocycles. The standard InChI is InChI=1S/C18H19F3N8O3S/c1-10-14(8-29(28-10)9-18(19,20)21)26-17-25-7-13(15(22)30)16(27-17)24-6-11-2-4-12(5-3-11)33(23,31)32/h2-5,7-8H,6,9H2,1H3,(H2,22,30)(H2,23,31,32)(H2,24,25,26,27). The second-order valence-electron chi connectivity index (χ2n) is 6.93. The Balaban J connectivity index is 1.79. The summed E-state index contributed by atoms with van der Waals surface area (Å²) in [5.41, 5.74) is 6.52. The highest BCUT2D eigenvalue weighted by Crippen LogP contribution is 2.23. The Hall–Kier alpha value is -3.72. The second kappa shape index (κ2) is 9.03. The molecule has 0 aliphatic rings. The van der Waals surface area contributed by atoms with Gasteiger partial charge < -0.3 is 16.4 Å². The summed E-state index contributed by atoms with van der Waals surface area (Å²) in [7, 11) is -3.83. The van der Waals surface area contributed by atoms with Gasteiger partial charge in [0.05, 0.1) is 21.8 Å². The molecule has 2 aromatic heterocycles. The van der Waals surface area contributed by atoms with E-state index in [0.717, 1.165) is 10.9 Å². The van der Waals surface area contributed by atoms with E-state index in [1.807, 2.05) is 0 Å². The van der Waals surface area contributed by atoms with E-state index in [-0.39, 0.29) is 40.2 Å². The van der Waals surface area contributed by atoms with Crippen LogP contribution in [0.3, 0.4) is 0 Å². The number of benzene rings is 1. The zero-order valence-electron chi connectivity index (χ0n) is 17.1. The van der Waals surface area contributed by atoms with Gasteiger partial charge in [-0.3, -0.25) is 9.48 Å². The highest BCUT2D eigenvalue weighted by atomic mass is 32.2. The summed E-state index contributed by atoms with van der Waals surface area (Å²) >= 11 is 0. The summed E-state index contributed by atoms with van der Waals surface area (Å²) in [6.07, 6.45) is -2.10. The minimum Gasteiger partial charge on any atom is -0.365 e. The number of nitrogens with zero attached hydrogens (tertiary/aromatic N) is 4. The van der Waals surface area contributed by atoms with Gasteiger partial charge in [-0.15, -0.1) is 0 Å². The smallest absolute Gasteiger partial charge is 0.365 e. The van der Waals surface area contributed by atoms with Crippen LogP contribution in [0.4, 0.5) is 30.6 Å². The van der Waals surface area contributed by atoms with Crippen LogP contribution < -0.4 is 21.5 Å². The van der Waals surface area contributed by atoms with E-state index in [1.54, 1.807) is 0 Å². The lowest BCUT2D eigenvalue weighted by Gasteiger charge is -2.11. The number of halogens is 3. The van der Waals surface area contributed by atoms with Crippen LogP contribution in [0.5, 0.6) is 0 Å². The molecule has 0 saturated heterocycles. The molecular formula is C18H19F3N8O3S. The van der Waals surface area contributed by atoms with Gasteiger partial charge >= 0.3 is 6.18 Å². The number of sulfonamides is 1. The number of anilines is 3. The third kappa shape index (κ3) is 6.39. The third-order valence-corrected chi connectivity index (χ3v) is 5.23. The normalized spacial score (nSPS) is 11.9. The molecule has 176 valence electrons. The fourth-order valence-electron chi connectivity index (χ4n) is 2.77. The molecule has 15 heteroatoms. The molecule has 0 fully saturated rings. The monoisotopic (exact) mass is 484 g/mol. The highest BCUT2D eigenvalue weighted by molar-refractivity contribution is 7.89. The first kappa shape index (κ1) is 23.9. The van der Waals surface area contributed by atoms with E-state index < -0.39 is 28.7 Å². The quantitative estimate of drug-likeness (QED) is 0.374. The topological polar surface area (TPSA) is 171 Å². The van der Waals surface area contributed by atoms with Gasteiger partial charge in [-0.2, -0.15) is 23.3 Å².